The quantitative estimate of drug-likeness (QED) is 0.646. The van der Waals surface area contributed by atoms with E-state index in [1.807, 2.05) is 0 Å². The van der Waals surface area contributed by atoms with Crippen molar-refractivity contribution < 1.29 is 9.84 Å². The van der Waals surface area contributed by atoms with Crippen molar-refractivity contribution in [2.45, 2.75) is 32.7 Å². The van der Waals surface area contributed by atoms with E-state index in [0.717, 1.165) is 37.5 Å². The van der Waals surface area contributed by atoms with Crippen LogP contribution in [0.3, 0.4) is 0 Å². The lowest BCUT2D eigenvalue weighted by molar-refractivity contribution is 0.286. The maximum Gasteiger partial charge on any atom is 0.142 e. The molecule has 0 amide bonds. The Morgan fingerprint density at radius 3 is 2.75 bits per heavy atom. The summed E-state index contributed by atoms with van der Waals surface area (Å²) in [5, 5.41) is 12.1. The fourth-order valence-electron chi connectivity index (χ4n) is 2.10. The molecule has 0 saturated heterocycles. The van der Waals surface area contributed by atoms with Crippen molar-refractivity contribution in [3.8, 4) is 5.75 Å². The van der Waals surface area contributed by atoms with Crippen LogP contribution in [0.25, 0.3) is 0 Å². The summed E-state index contributed by atoms with van der Waals surface area (Å²) in [4.78, 5) is 2.24. The van der Waals surface area contributed by atoms with Crippen LogP contribution in [-0.2, 0) is 6.54 Å². The lowest BCUT2D eigenvalue weighted by Crippen LogP contribution is -2.19. The van der Waals surface area contributed by atoms with Gasteiger partial charge in [-0.3, -0.25) is 0 Å². The van der Waals surface area contributed by atoms with Gasteiger partial charge >= 0.3 is 0 Å². The average molecular weight is 280 g/mol. The van der Waals surface area contributed by atoms with Gasteiger partial charge in [0.2, 0.25) is 0 Å². The largest absolute Gasteiger partial charge is 0.495 e. The Balaban J connectivity index is 2.64. The maximum atomic E-state index is 8.75. The number of ether oxygens (including phenoxy) is 1. The molecule has 0 aliphatic carbocycles. The molecule has 0 saturated carbocycles. The van der Waals surface area contributed by atoms with E-state index in [0.29, 0.717) is 0 Å². The van der Waals surface area contributed by atoms with E-state index in [4.69, 9.17) is 9.84 Å². The predicted octanol–water partition coefficient (Wildman–Crippen LogP) is 2.40. The minimum Gasteiger partial charge on any atom is -0.495 e. The fraction of sp³-hybridized carbons (Fsp3) is 0.625. The second-order valence-corrected chi connectivity index (χ2v) is 5.04. The van der Waals surface area contributed by atoms with Crippen molar-refractivity contribution in [3.05, 3.63) is 23.8 Å². The Morgan fingerprint density at radius 1 is 1.30 bits per heavy atom. The Morgan fingerprint density at radius 2 is 2.10 bits per heavy atom. The lowest BCUT2D eigenvalue weighted by atomic mass is 10.1. The molecule has 0 bridgehead atoms. The summed E-state index contributed by atoms with van der Waals surface area (Å²) in [6.45, 7) is 5.11. The highest BCUT2D eigenvalue weighted by atomic mass is 16.5. The number of methoxy groups -OCH3 is 1. The van der Waals surface area contributed by atoms with Crippen molar-refractivity contribution in [1.82, 2.24) is 5.32 Å². The SMILES string of the molecule is CCCCN(C)c1ccc(CNCCCO)cc1OC. The third kappa shape index (κ3) is 5.39. The molecule has 0 aliphatic rings. The van der Waals surface area contributed by atoms with Crippen LogP contribution in [0.4, 0.5) is 5.69 Å². The second kappa shape index (κ2) is 9.61. The Hall–Kier alpha value is -1.26. The molecular weight excluding hydrogens is 252 g/mol. The highest BCUT2D eigenvalue weighted by molar-refractivity contribution is 5.59. The molecule has 2 N–H and O–H groups in total. The summed E-state index contributed by atoms with van der Waals surface area (Å²) in [5.41, 5.74) is 2.34. The van der Waals surface area contributed by atoms with Gasteiger partial charge in [-0.1, -0.05) is 19.4 Å². The first-order valence-corrected chi connectivity index (χ1v) is 7.42. The number of hydrogen-bond donors (Lipinski definition) is 2. The average Bonchev–Trinajstić information content (AvgIpc) is 2.49. The fourth-order valence-corrected chi connectivity index (χ4v) is 2.10. The standard InChI is InChI=1S/C16H28N2O2/c1-4-5-10-18(2)15-8-7-14(12-16(15)20-3)13-17-9-6-11-19/h7-8,12,17,19H,4-6,9-11,13H2,1-3H3. The summed E-state index contributed by atoms with van der Waals surface area (Å²) in [5.74, 6) is 0.921. The molecule has 0 heterocycles. The van der Waals surface area contributed by atoms with Gasteiger partial charge in [0.25, 0.3) is 0 Å². The molecule has 4 heteroatoms. The van der Waals surface area contributed by atoms with Crippen LogP contribution in [0.5, 0.6) is 5.75 Å². The van der Waals surface area contributed by atoms with Crippen LogP contribution in [0, 0.1) is 0 Å². The van der Waals surface area contributed by atoms with Crippen LogP contribution in [0.15, 0.2) is 18.2 Å². The van der Waals surface area contributed by atoms with Crippen molar-refractivity contribution in [2.75, 3.05) is 38.8 Å². The van der Waals surface area contributed by atoms with Crippen molar-refractivity contribution in [3.63, 3.8) is 0 Å². The van der Waals surface area contributed by atoms with Gasteiger partial charge in [-0.25, -0.2) is 0 Å². The van der Waals surface area contributed by atoms with Crippen molar-refractivity contribution in [1.29, 1.82) is 0 Å². The normalized spacial score (nSPS) is 10.6. The van der Waals surface area contributed by atoms with E-state index in [9.17, 15) is 0 Å². The van der Waals surface area contributed by atoms with Crippen LogP contribution >= 0.6 is 0 Å². The molecule has 20 heavy (non-hydrogen) atoms. The number of benzene rings is 1. The van der Waals surface area contributed by atoms with E-state index >= 15 is 0 Å². The third-order valence-electron chi connectivity index (χ3n) is 3.34. The second-order valence-electron chi connectivity index (χ2n) is 5.04. The summed E-state index contributed by atoms with van der Waals surface area (Å²) in [6.07, 6.45) is 3.17. The Kier molecular flexibility index (Phi) is 8.07. The van der Waals surface area contributed by atoms with E-state index in [1.54, 1.807) is 7.11 Å². The summed E-state index contributed by atoms with van der Waals surface area (Å²) >= 11 is 0. The Labute approximate surface area is 122 Å². The summed E-state index contributed by atoms with van der Waals surface area (Å²) < 4.78 is 5.51. The van der Waals surface area contributed by atoms with Gasteiger partial charge in [-0.05, 0) is 37.1 Å². The van der Waals surface area contributed by atoms with Crippen LogP contribution < -0.4 is 15.0 Å². The number of hydrogen-bond acceptors (Lipinski definition) is 4. The number of nitrogens with zero attached hydrogens (tertiary/aromatic N) is 1. The van der Waals surface area contributed by atoms with Gasteiger partial charge < -0.3 is 20.1 Å². The monoisotopic (exact) mass is 280 g/mol. The molecule has 0 atom stereocenters. The molecule has 4 nitrogen and oxygen atoms in total. The molecule has 0 aliphatic heterocycles. The topological polar surface area (TPSA) is 44.7 Å². The molecule has 0 radical (unpaired) electrons. The zero-order chi connectivity index (χ0) is 14.8. The molecule has 1 aromatic carbocycles. The minimum absolute atomic E-state index is 0.234. The number of aliphatic hydroxyl groups is 1. The van der Waals surface area contributed by atoms with Gasteiger partial charge in [0, 0.05) is 26.7 Å². The highest BCUT2D eigenvalue weighted by Gasteiger charge is 2.08. The zero-order valence-electron chi connectivity index (χ0n) is 13.0. The van der Waals surface area contributed by atoms with E-state index in [2.05, 4.69) is 42.4 Å². The molecule has 0 spiro atoms. The summed E-state index contributed by atoms with van der Waals surface area (Å²) in [6, 6.07) is 6.34. The predicted molar refractivity (Wildman–Crippen MR) is 84.6 cm³/mol. The zero-order valence-corrected chi connectivity index (χ0v) is 13.0. The first-order chi connectivity index (χ1) is 9.72. The first-order valence-electron chi connectivity index (χ1n) is 7.42. The van der Waals surface area contributed by atoms with E-state index in [1.165, 1.54) is 18.4 Å². The van der Waals surface area contributed by atoms with Gasteiger partial charge in [0.1, 0.15) is 5.75 Å². The van der Waals surface area contributed by atoms with Crippen LogP contribution in [0.1, 0.15) is 31.7 Å². The molecular formula is C16H28N2O2. The molecule has 0 unspecified atom stereocenters. The van der Waals surface area contributed by atoms with Crippen LogP contribution in [0.2, 0.25) is 0 Å². The van der Waals surface area contributed by atoms with Crippen molar-refractivity contribution in [2.24, 2.45) is 0 Å². The number of nitrogens with one attached hydrogen (secondary N) is 1. The molecule has 0 fully saturated rings. The summed E-state index contributed by atoms with van der Waals surface area (Å²) in [7, 11) is 3.82. The van der Waals surface area contributed by atoms with Gasteiger partial charge in [-0.15, -0.1) is 0 Å². The molecule has 1 aromatic rings. The third-order valence-corrected chi connectivity index (χ3v) is 3.34. The number of unbranched alkanes of at least 4 members (excludes halogenated alkanes) is 1. The number of rotatable bonds is 10. The van der Waals surface area contributed by atoms with Crippen LogP contribution in [-0.4, -0.2) is 39.0 Å². The first kappa shape index (κ1) is 16.8. The highest BCUT2D eigenvalue weighted by Crippen LogP contribution is 2.28. The van der Waals surface area contributed by atoms with Gasteiger partial charge in [0.15, 0.2) is 0 Å². The van der Waals surface area contributed by atoms with E-state index in [-0.39, 0.29) is 6.61 Å². The maximum absolute atomic E-state index is 8.75. The van der Waals surface area contributed by atoms with E-state index < -0.39 is 0 Å². The molecule has 114 valence electrons. The van der Waals surface area contributed by atoms with Crippen molar-refractivity contribution >= 4 is 5.69 Å². The van der Waals surface area contributed by atoms with Gasteiger partial charge in [0.05, 0.1) is 12.8 Å². The lowest BCUT2D eigenvalue weighted by Gasteiger charge is -2.22. The molecule has 0 aromatic heterocycles. The molecule has 1 rings (SSSR count). The minimum atomic E-state index is 0.234. The number of aliphatic hydroxyl groups excluding tert-OH is 1. The Bertz CT molecular complexity index is 383. The van der Waals surface area contributed by atoms with Gasteiger partial charge in [-0.2, -0.15) is 0 Å². The smallest absolute Gasteiger partial charge is 0.142 e. The number of anilines is 1.